The second kappa shape index (κ2) is 8.43. The van der Waals surface area contributed by atoms with Gasteiger partial charge in [-0.25, -0.2) is 0 Å². The lowest BCUT2D eigenvalue weighted by molar-refractivity contribution is -0.126. The van der Waals surface area contributed by atoms with Crippen LogP contribution in [0.5, 0.6) is 0 Å². The van der Waals surface area contributed by atoms with Gasteiger partial charge < -0.3 is 19.6 Å². The van der Waals surface area contributed by atoms with Crippen molar-refractivity contribution in [1.82, 2.24) is 9.80 Å². The average molecular weight is 324 g/mol. The van der Waals surface area contributed by atoms with Crippen LogP contribution in [0.3, 0.4) is 0 Å². The van der Waals surface area contributed by atoms with Gasteiger partial charge in [0.25, 0.3) is 0 Å². The molecule has 1 aliphatic rings. The van der Waals surface area contributed by atoms with Gasteiger partial charge in [0.05, 0.1) is 19.8 Å². The van der Waals surface area contributed by atoms with Crippen LogP contribution in [0, 0.1) is 5.92 Å². The summed E-state index contributed by atoms with van der Waals surface area (Å²) in [6.07, 6.45) is 3.43. The zero-order valence-electron chi connectivity index (χ0n) is 13.2. The van der Waals surface area contributed by atoms with E-state index in [9.17, 15) is 4.79 Å². The van der Waals surface area contributed by atoms with Gasteiger partial charge in [0.15, 0.2) is 0 Å². The Morgan fingerprint density at radius 1 is 1.59 bits per heavy atom. The summed E-state index contributed by atoms with van der Waals surface area (Å²) in [5.41, 5.74) is 0.881. The van der Waals surface area contributed by atoms with Gasteiger partial charge in [-0.2, -0.15) is 0 Å². The van der Waals surface area contributed by atoms with Crippen LogP contribution in [0.2, 0.25) is 0 Å². The number of ether oxygens (including phenoxy) is 1. The summed E-state index contributed by atoms with van der Waals surface area (Å²) < 4.78 is 5.60. The van der Waals surface area contributed by atoms with Crippen molar-refractivity contribution in [2.45, 2.75) is 6.61 Å². The second-order valence-electron chi connectivity index (χ2n) is 5.84. The topological polar surface area (TPSA) is 53.0 Å². The van der Waals surface area contributed by atoms with Crippen molar-refractivity contribution in [2.75, 3.05) is 46.9 Å². The van der Waals surface area contributed by atoms with E-state index in [4.69, 9.17) is 9.84 Å². The number of hydrogen-bond acceptors (Lipinski definition) is 5. The van der Waals surface area contributed by atoms with Crippen molar-refractivity contribution in [3.63, 3.8) is 0 Å². The maximum Gasteiger partial charge on any atom is 0.246 e. The third-order valence-electron chi connectivity index (χ3n) is 3.52. The minimum Gasteiger partial charge on any atom is -0.392 e. The van der Waals surface area contributed by atoms with Crippen LogP contribution in [0.1, 0.15) is 10.4 Å². The summed E-state index contributed by atoms with van der Waals surface area (Å²) in [5.74, 6) is 0.366. The molecule has 0 bridgehead atoms. The number of carbonyl (C=O) groups excluding carboxylic acids is 1. The van der Waals surface area contributed by atoms with Crippen LogP contribution in [0.15, 0.2) is 17.5 Å². The maximum absolute atomic E-state index is 12.4. The number of carbonyl (C=O) groups is 1. The molecule has 1 atom stereocenters. The molecule has 1 fully saturated rings. The van der Waals surface area contributed by atoms with E-state index in [-0.39, 0.29) is 12.5 Å². The molecule has 5 nitrogen and oxygen atoms in total. The molecule has 122 valence electrons. The number of hydrogen-bond donors (Lipinski definition) is 1. The Morgan fingerprint density at radius 3 is 3.09 bits per heavy atom. The number of aliphatic hydroxyl groups excluding tert-OH is 1. The summed E-state index contributed by atoms with van der Waals surface area (Å²) >= 11 is 1.53. The zero-order chi connectivity index (χ0) is 15.9. The average Bonchev–Trinajstić information content (AvgIpc) is 2.83. The zero-order valence-corrected chi connectivity index (χ0v) is 14.0. The van der Waals surface area contributed by atoms with E-state index in [1.54, 1.807) is 6.08 Å². The summed E-state index contributed by atoms with van der Waals surface area (Å²) in [6.45, 7) is 3.62. The van der Waals surface area contributed by atoms with E-state index in [2.05, 4.69) is 4.90 Å². The first-order chi connectivity index (χ1) is 10.6. The fourth-order valence-corrected chi connectivity index (χ4v) is 3.33. The van der Waals surface area contributed by atoms with Crippen molar-refractivity contribution in [3.8, 4) is 0 Å². The van der Waals surface area contributed by atoms with Crippen molar-refractivity contribution in [3.05, 3.63) is 28.0 Å². The predicted molar refractivity (Wildman–Crippen MR) is 88.7 cm³/mol. The highest BCUT2D eigenvalue weighted by Crippen LogP contribution is 2.16. The van der Waals surface area contributed by atoms with E-state index in [1.165, 1.54) is 11.3 Å². The minimum absolute atomic E-state index is 0.0215. The molecule has 0 spiro atoms. The van der Waals surface area contributed by atoms with Crippen LogP contribution in [0.4, 0.5) is 0 Å². The molecular formula is C16H24N2O3S. The molecule has 1 N–H and O–H groups in total. The van der Waals surface area contributed by atoms with Gasteiger partial charge in [0.1, 0.15) is 0 Å². The van der Waals surface area contributed by atoms with Gasteiger partial charge in [-0.1, -0.05) is 0 Å². The van der Waals surface area contributed by atoms with Crippen molar-refractivity contribution in [2.24, 2.45) is 5.92 Å². The van der Waals surface area contributed by atoms with E-state index in [1.807, 2.05) is 36.5 Å². The highest BCUT2D eigenvalue weighted by Gasteiger charge is 2.21. The lowest BCUT2D eigenvalue weighted by atomic mass is 10.1. The van der Waals surface area contributed by atoms with E-state index < -0.39 is 0 Å². The number of amides is 1. The quantitative estimate of drug-likeness (QED) is 0.829. The number of thiophene rings is 1. The highest BCUT2D eigenvalue weighted by atomic mass is 32.1. The van der Waals surface area contributed by atoms with Crippen LogP contribution >= 0.6 is 11.3 Å². The van der Waals surface area contributed by atoms with E-state index >= 15 is 0 Å². The first kappa shape index (κ1) is 17.1. The number of nitrogens with zero attached hydrogens (tertiary/aromatic N) is 2. The molecule has 2 heterocycles. The highest BCUT2D eigenvalue weighted by molar-refractivity contribution is 7.11. The summed E-state index contributed by atoms with van der Waals surface area (Å²) in [6, 6.07) is 1.90. The molecule has 22 heavy (non-hydrogen) atoms. The Balaban J connectivity index is 1.94. The number of aliphatic hydroxyl groups is 1. The standard InChI is InChI=1S/C16H24N2O3S/c1-17(2)8-14-9-18(5-6-21-11-14)16(20)4-3-15-7-13(10-19)12-22-15/h3-4,7,12,14,19H,5-6,8-11H2,1-2H3. The first-order valence-electron chi connectivity index (χ1n) is 7.46. The van der Waals surface area contributed by atoms with Crippen LogP contribution in [-0.2, 0) is 16.1 Å². The fraction of sp³-hybridized carbons (Fsp3) is 0.562. The largest absolute Gasteiger partial charge is 0.392 e. The molecule has 0 radical (unpaired) electrons. The molecule has 1 saturated heterocycles. The fourth-order valence-electron chi connectivity index (χ4n) is 2.53. The van der Waals surface area contributed by atoms with Crippen LogP contribution in [0.25, 0.3) is 6.08 Å². The third kappa shape index (κ3) is 5.21. The molecule has 0 aliphatic carbocycles. The molecule has 1 amide bonds. The van der Waals surface area contributed by atoms with Crippen LogP contribution < -0.4 is 0 Å². The smallest absolute Gasteiger partial charge is 0.246 e. The molecule has 0 saturated carbocycles. The Morgan fingerprint density at radius 2 is 2.41 bits per heavy atom. The first-order valence-corrected chi connectivity index (χ1v) is 8.34. The monoisotopic (exact) mass is 324 g/mol. The predicted octanol–water partition coefficient (Wildman–Crippen LogP) is 1.29. The Hall–Kier alpha value is -1.21. The van der Waals surface area contributed by atoms with E-state index in [0.29, 0.717) is 25.7 Å². The Kier molecular flexibility index (Phi) is 6.57. The molecule has 2 rings (SSSR count). The van der Waals surface area contributed by atoms with Gasteiger partial charge >= 0.3 is 0 Å². The maximum atomic E-state index is 12.4. The third-order valence-corrected chi connectivity index (χ3v) is 4.47. The molecule has 1 unspecified atom stereocenters. The molecule has 0 aromatic carbocycles. The second-order valence-corrected chi connectivity index (χ2v) is 6.78. The van der Waals surface area contributed by atoms with Gasteiger partial charge in [-0.15, -0.1) is 11.3 Å². The molecule has 1 aromatic heterocycles. The van der Waals surface area contributed by atoms with Gasteiger partial charge in [-0.05, 0) is 37.2 Å². The number of rotatable bonds is 5. The molecule has 1 aromatic rings. The Bertz CT molecular complexity index is 513. The summed E-state index contributed by atoms with van der Waals surface area (Å²) in [4.78, 5) is 17.3. The van der Waals surface area contributed by atoms with E-state index in [0.717, 1.165) is 23.5 Å². The Labute approximate surface area is 135 Å². The van der Waals surface area contributed by atoms with Crippen molar-refractivity contribution >= 4 is 23.3 Å². The minimum atomic E-state index is 0.0215. The lowest BCUT2D eigenvalue weighted by Gasteiger charge is -2.24. The normalized spacial score (nSPS) is 19.8. The molecule has 6 heteroatoms. The van der Waals surface area contributed by atoms with Crippen molar-refractivity contribution in [1.29, 1.82) is 0 Å². The lowest BCUT2D eigenvalue weighted by Crippen LogP contribution is -2.37. The summed E-state index contributed by atoms with van der Waals surface area (Å²) in [7, 11) is 4.07. The summed E-state index contributed by atoms with van der Waals surface area (Å²) in [5, 5.41) is 11.0. The van der Waals surface area contributed by atoms with Crippen LogP contribution in [-0.4, -0.2) is 67.8 Å². The van der Waals surface area contributed by atoms with Gasteiger partial charge in [0.2, 0.25) is 5.91 Å². The SMILES string of the molecule is CN(C)CC1COCCN(C(=O)C=Cc2cc(CO)cs2)C1. The van der Waals surface area contributed by atoms with Gasteiger partial charge in [-0.3, -0.25) is 4.79 Å². The van der Waals surface area contributed by atoms with Crippen molar-refractivity contribution < 1.29 is 14.6 Å². The van der Waals surface area contributed by atoms with Gasteiger partial charge in [0, 0.05) is 36.5 Å². The molecular weight excluding hydrogens is 300 g/mol. The molecule has 1 aliphatic heterocycles.